The third-order valence-corrected chi connectivity index (χ3v) is 7.49. The normalized spacial score (nSPS) is 15.6. The van der Waals surface area contributed by atoms with Crippen molar-refractivity contribution in [3.05, 3.63) is 53.7 Å². The molecule has 0 atom stereocenters. The van der Waals surface area contributed by atoms with E-state index in [4.69, 9.17) is 16.3 Å². The Morgan fingerprint density at radius 2 is 1.70 bits per heavy atom. The Bertz CT molecular complexity index is 1130. The van der Waals surface area contributed by atoms with E-state index in [1.165, 1.54) is 3.97 Å². The molecule has 2 aromatic carbocycles. The summed E-state index contributed by atoms with van der Waals surface area (Å²) in [6.45, 7) is 9.25. The summed E-state index contributed by atoms with van der Waals surface area (Å²) in [5.41, 5.74) is 1.51. The van der Waals surface area contributed by atoms with Gasteiger partial charge in [-0.1, -0.05) is 18.5 Å². The van der Waals surface area contributed by atoms with E-state index in [-0.39, 0.29) is 4.90 Å². The van der Waals surface area contributed by atoms with Crippen LogP contribution in [0.1, 0.15) is 13.8 Å². The van der Waals surface area contributed by atoms with Gasteiger partial charge < -0.3 is 14.5 Å². The quantitative estimate of drug-likeness (QED) is 0.570. The van der Waals surface area contributed by atoms with Gasteiger partial charge in [-0.3, -0.25) is 0 Å². The Morgan fingerprint density at radius 1 is 1.00 bits per heavy atom. The van der Waals surface area contributed by atoms with Gasteiger partial charge in [-0.05, 0) is 55.9 Å². The van der Waals surface area contributed by atoms with Gasteiger partial charge in [0.25, 0.3) is 10.0 Å². The van der Waals surface area contributed by atoms with Crippen LogP contribution in [0.15, 0.2) is 53.6 Å². The molecule has 6 nitrogen and oxygen atoms in total. The first kappa shape index (κ1) is 21.0. The number of rotatable bonds is 6. The fraction of sp³-hybridized carbons (Fsp3) is 0.364. The Balaban J connectivity index is 1.77. The van der Waals surface area contributed by atoms with Gasteiger partial charge in [-0.15, -0.1) is 0 Å². The minimum Gasteiger partial charge on any atom is -0.494 e. The van der Waals surface area contributed by atoms with E-state index in [2.05, 4.69) is 16.7 Å². The minimum atomic E-state index is -3.78. The molecule has 1 aliphatic rings. The van der Waals surface area contributed by atoms with Crippen molar-refractivity contribution >= 4 is 38.2 Å². The largest absolute Gasteiger partial charge is 0.494 e. The van der Waals surface area contributed by atoms with Crippen LogP contribution >= 0.6 is 11.6 Å². The van der Waals surface area contributed by atoms with E-state index in [9.17, 15) is 8.42 Å². The number of likely N-dealkylation sites (N-methyl/N-ethyl adjacent to an activating group) is 1. The first-order valence-corrected chi connectivity index (χ1v) is 12.0. The zero-order chi connectivity index (χ0) is 21.3. The van der Waals surface area contributed by atoms with Gasteiger partial charge in [0.1, 0.15) is 5.75 Å². The number of anilines is 1. The van der Waals surface area contributed by atoms with Gasteiger partial charge in [0.05, 0.1) is 22.7 Å². The van der Waals surface area contributed by atoms with Crippen molar-refractivity contribution in [2.75, 3.05) is 44.2 Å². The molecule has 0 unspecified atom stereocenters. The Labute approximate surface area is 182 Å². The van der Waals surface area contributed by atoms with Crippen molar-refractivity contribution in [2.24, 2.45) is 0 Å². The van der Waals surface area contributed by atoms with E-state index in [0.717, 1.165) is 43.8 Å². The zero-order valence-corrected chi connectivity index (χ0v) is 18.8. The fourth-order valence-corrected chi connectivity index (χ4v) is 5.42. The van der Waals surface area contributed by atoms with Crippen LogP contribution in [0.5, 0.6) is 5.75 Å². The zero-order valence-electron chi connectivity index (χ0n) is 17.2. The number of benzene rings is 2. The number of aromatic nitrogens is 1. The number of halogens is 1. The molecule has 0 bridgehead atoms. The first-order chi connectivity index (χ1) is 14.4. The lowest BCUT2D eigenvalue weighted by atomic mass is 10.2. The summed E-state index contributed by atoms with van der Waals surface area (Å²) in [5, 5.41) is 1.39. The highest BCUT2D eigenvalue weighted by molar-refractivity contribution is 7.90. The van der Waals surface area contributed by atoms with Gasteiger partial charge in [-0.25, -0.2) is 12.4 Å². The molecule has 0 aliphatic carbocycles. The highest BCUT2D eigenvalue weighted by Gasteiger charge is 2.25. The number of ether oxygens (including phenoxy) is 1. The summed E-state index contributed by atoms with van der Waals surface area (Å²) in [5.74, 6) is 0.645. The third kappa shape index (κ3) is 3.89. The van der Waals surface area contributed by atoms with Crippen LogP contribution in [0, 0.1) is 0 Å². The van der Waals surface area contributed by atoms with Crippen LogP contribution in [-0.2, 0) is 10.0 Å². The molecular formula is C22H26ClN3O3S. The monoisotopic (exact) mass is 447 g/mol. The molecule has 2 heterocycles. The summed E-state index contributed by atoms with van der Waals surface area (Å²) >= 11 is 6.23. The molecule has 0 radical (unpaired) electrons. The molecule has 30 heavy (non-hydrogen) atoms. The number of hydrogen-bond acceptors (Lipinski definition) is 5. The fourth-order valence-electron chi connectivity index (χ4n) is 3.90. The smallest absolute Gasteiger partial charge is 0.268 e. The van der Waals surface area contributed by atoms with Gasteiger partial charge >= 0.3 is 0 Å². The molecular weight excluding hydrogens is 422 g/mol. The minimum absolute atomic E-state index is 0.213. The van der Waals surface area contributed by atoms with Gasteiger partial charge in [0.15, 0.2) is 0 Å². The maximum Gasteiger partial charge on any atom is 0.268 e. The Hall–Kier alpha value is -2.22. The second-order valence-electron chi connectivity index (χ2n) is 7.30. The molecule has 0 N–H and O–H groups in total. The van der Waals surface area contributed by atoms with Crippen molar-refractivity contribution in [1.82, 2.24) is 8.87 Å². The predicted octanol–water partition coefficient (Wildman–Crippen LogP) is 4.07. The molecule has 0 spiro atoms. The maximum atomic E-state index is 13.5. The van der Waals surface area contributed by atoms with Crippen LogP contribution in [-0.4, -0.2) is 56.6 Å². The van der Waals surface area contributed by atoms with Crippen LogP contribution in [0.2, 0.25) is 5.02 Å². The molecule has 160 valence electrons. The van der Waals surface area contributed by atoms with Crippen LogP contribution < -0.4 is 9.64 Å². The van der Waals surface area contributed by atoms with Crippen molar-refractivity contribution in [1.29, 1.82) is 0 Å². The molecule has 8 heteroatoms. The van der Waals surface area contributed by atoms with Crippen molar-refractivity contribution < 1.29 is 13.2 Å². The lowest BCUT2D eigenvalue weighted by Gasteiger charge is -2.35. The van der Waals surface area contributed by atoms with E-state index >= 15 is 0 Å². The van der Waals surface area contributed by atoms with Crippen molar-refractivity contribution in [3.8, 4) is 5.75 Å². The van der Waals surface area contributed by atoms with E-state index in [1.54, 1.807) is 36.5 Å². The lowest BCUT2D eigenvalue weighted by molar-refractivity contribution is 0.271. The van der Waals surface area contributed by atoms with Crippen LogP contribution in [0.4, 0.5) is 5.69 Å². The molecule has 3 aromatic rings. The third-order valence-electron chi connectivity index (χ3n) is 5.56. The van der Waals surface area contributed by atoms with E-state index in [1.807, 2.05) is 19.1 Å². The highest BCUT2D eigenvalue weighted by atomic mass is 35.5. The number of hydrogen-bond donors (Lipinski definition) is 0. The van der Waals surface area contributed by atoms with Gasteiger partial charge in [-0.2, -0.15) is 0 Å². The summed E-state index contributed by atoms with van der Waals surface area (Å²) < 4.78 is 33.7. The number of piperazine rings is 1. The average Bonchev–Trinajstić information content (AvgIpc) is 3.14. The maximum absolute atomic E-state index is 13.5. The molecule has 4 rings (SSSR count). The topological polar surface area (TPSA) is 54.8 Å². The number of fused-ring (bicyclic) bond motifs is 1. The van der Waals surface area contributed by atoms with Gasteiger partial charge in [0, 0.05) is 42.8 Å². The van der Waals surface area contributed by atoms with E-state index in [0.29, 0.717) is 22.9 Å². The summed E-state index contributed by atoms with van der Waals surface area (Å²) in [4.78, 5) is 4.86. The molecule has 1 aromatic heterocycles. The number of nitrogens with zero attached hydrogens (tertiary/aromatic N) is 3. The highest BCUT2D eigenvalue weighted by Crippen LogP contribution is 2.34. The first-order valence-electron chi connectivity index (χ1n) is 10.2. The summed E-state index contributed by atoms with van der Waals surface area (Å²) in [6.07, 6.45) is 1.73. The predicted molar refractivity (Wildman–Crippen MR) is 121 cm³/mol. The second-order valence-corrected chi connectivity index (χ2v) is 9.55. The lowest BCUT2D eigenvalue weighted by Crippen LogP contribution is -2.46. The van der Waals surface area contributed by atoms with Gasteiger partial charge in [0.2, 0.25) is 0 Å². The second kappa shape index (κ2) is 8.49. The Morgan fingerprint density at radius 3 is 2.33 bits per heavy atom. The van der Waals surface area contributed by atoms with Crippen LogP contribution in [0.3, 0.4) is 0 Å². The molecule has 1 fully saturated rings. The average molecular weight is 448 g/mol. The summed E-state index contributed by atoms with van der Waals surface area (Å²) in [7, 11) is -3.78. The summed E-state index contributed by atoms with van der Waals surface area (Å²) in [6, 6.07) is 12.0. The van der Waals surface area contributed by atoms with Crippen molar-refractivity contribution in [3.63, 3.8) is 0 Å². The standard InChI is InChI=1S/C22H26ClN3O3S/c1-3-24-11-13-25(14-12-24)22-16-26(21-15-17(23)5-10-20(21)22)30(27,28)19-8-6-18(7-9-19)29-4-2/h5-10,15-16H,3-4,11-14H2,1-2H3. The SMILES string of the molecule is CCOc1ccc(S(=O)(=O)n2cc(N3CCN(CC)CC3)c3ccc(Cl)cc32)cc1. The van der Waals surface area contributed by atoms with E-state index < -0.39 is 10.0 Å². The Kier molecular flexibility index (Phi) is 5.95. The molecule has 0 saturated carbocycles. The molecule has 0 amide bonds. The molecule has 1 saturated heterocycles. The van der Waals surface area contributed by atoms with Crippen molar-refractivity contribution in [2.45, 2.75) is 18.7 Å². The van der Waals surface area contributed by atoms with Crippen LogP contribution in [0.25, 0.3) is 10.9 Å². The molecule has 1 aliphatic heterocycles.